The van der Waals surface area contributed by atoms with Crippen LogP contribution in [0.4, 0.5) is 11.4 Å². The molecule has 15 heteroatoms. The number of benzene rings is 1. The molecule has 2 rings (SSSR count). The van der Waals surface area contributed by atoms with Crippen molar-refractivity contribution in [2.75, 3.05) is 30.7 Å². The highest BCUT2D eigenvalue weighted by atomic mass is 32.1. The van der Waals surface area contributed by atoms with Crippen molar-refractivity contribution in [1.29, 1.82) is 1.12 Å². The summed E-state index contributed by atoms with van der Waals surface area (Å²) in [7, 11) is 0. The quantitative estimate of drug-likeness (QED) is 0.0409. The molecule has 3 N–H and O–H groups in total. The number of carbonyl (C=O) groups is 5. The molecule has 240 valence electrons. The number of anilines is 1. The Bertz CT molecular complexity index is 1060. The first kappa shape index (κ1) is 36.0. The zero-order valence-electron chi connectivity index (χ0n) is 25.3. The number of rotatable bonds is 22. The zero-order valence-corrected chi connectivity index (χ0v) is 26.1. The molecule has 1 fully saturated rings. The standard InChI is InChI=1S/C25H34N4O8.C3H9NS2/c30-21(18-27-19-9-8-10-20(17-19)29(35)36)11-4-1-2-5-12-22(31)26-16-7-3-6-13-25(34)37-28-23(32)14-15-24(28)33;5-3-1-2-4-6/h8-10,17,27H,1-7,11-16,18H2,(H,26,31);4-6H,1-3H2/i/hT. The molecule has 1 aliphatic heterocycles. The normalized spacial score (nSPS) is 12.7. The number of imide groups is 1. The largest absolute Gasteiger partial charge is 0.378 e. The van der Waals surface area contributed by atoms with Crippen molar-refractivity contribution in [3.05, 3.63) is 34.4 Å². The second-order valence-corrected chi connectivity index (χ2v) is 10.5. The predicted octanol–water partition coefficient (Wildman–Crippen LogP) is 3.94. The van der Waals surface area contributed by atoms with Gasteiger partial charge in [-0.25, -0.2) is 4.79 Å². The van der Waals surface area contributed by atoms with Crippen LogP contribution in [0, 0.1) is 10.1 Å². The number of ketones is 1. The van der Waals surface area contributed by atoms with Gasteiger partial charge in [0.15, 0.2) is 5.78 Å². The van der Waals surface area contributed by atoms with Crippen LogP contribution in [-0.2, 0) is 28.8 Å². The molecule has 0 atom stereocenters. The van der Waals surface area contributed by atoms with Crippen molar-refractivity contribution in [3.8, 4) is 0 Å². The molecule has 0 bridgehead atoms. The number of Topliss-reactive ketones (excluding diaryl/α,β-unsaturated/α-hetero) is 1. The number of thiol groups is 2. The lowest BCUT2D eigenvalue weighted by atomic mass is 10.1. The van der Waals surface area contributed by atoms with Gasteiger partial charge in [0.05, 0.1) is 11.5 Å². The second kappa shape index (κ2) is 23.3. The van der Waals surface area contributed by atoms with E-state index in [0.717, 1.165) is 56.9 Å². The van der Waals surface area contributed by atoms with Crippen LogP contribution in [0.25, 0.3) is 0 Å². The molecule has 1 aromatic carbocycles. The van der Waals surface area contributed by atoms with E-state index in [2.05, 4.69) is 28.2 Å². The van der Waals surface area contributed by atoms with E-state index in [0.29, 0.717) is 49.4 Å². The van der Waals surface area contributed by atoms with Crippen LogP contribution >= 0.6 is 25.3 Å². The number of hydrogen-bond donors (Lipinski definition) is 5. The Hall–Kier alpha value is -3.17. The summed E-state index contributed by atoms with van der Waals surface area (Å²) in [6.07, 6.45) is 7.12. The smallest absolute Gasteiger partial charge is 0.333 e. The summed E-state index contributed by atoms with van der Waals surface area (Å²) in [5, 5.41) is 17.1. The lowest BCUT2D eigenvalue weighted by Gasteiger charge is -2.12. The van der Waals surface area contributed by atoms with Crippen LogP contribution in [0.5, 0.6) is 0 Å². The molecule has 1 aliphatic rings. The van der Waals surface area contributed by atoms with E-state index in [1.54, 1.807) is 12.1 Å². The third-order valence-corrected chi connectivity index (χ3v) is 6.68. The fourth-order valence-corrected chi connectivity index (χ4v) is 4.13. The maximum Gasteiger partial charge on any atom is 0.333 e. The Balaban J connectivity index is 0.00000123. The van der Waals surface area contributed by atoms with E-state index < -0.39 is 22.7 Å². The number of amides is 3. The Kier molecular flexibility index (Phi) is 19.5. The average molecular weight is 644 g/mol. The van der Waals surface area contributed by atoms with Crippen molar-refractivity contribution >= 4 is 66.2 Å². The van der Waals surface area contributed by atoms with Gasteiger partial charge in [0.25, 0.3) is 17.5 Å². The van der Waals surface area contributed by atoms with Gasteiger partial charge in [-0.05, 0) is 43.9 Å². The average Bonchev–Trinajstić information content (AvgIpc) is 3.32. The Morgan fingerprint density at radius 3 is 2.30 bits per heavy atom. The number of nitro groups is 1. The van der Waals surface area contributed by atoms with E-state index in [9.17, 15) is 34.1 Å². The molecule has 1 heterocycles. The number of nitro benzene ring substituents is 1. The van der Waals surface area contributed by atoms with Gasteiger partial charge in [0.2, 0.25) is 5.91 Å². The van der Waals surface area contributed by atoms with Crippen molar-refractivity contribution < 1.29 is 33.7 Å². The number of hydrogen-bond acceptors (Lipinski definition) is 12. The highest BCUT2D eigenvalue weighted by molar-refractivity contribution is 7.80. The molecular weight excluding hydrogens is 598 g/mol. The van der Waals surface area contributed by atoms with Crippen LogP contribution < -0.4 is 15.4 Å². The summed E-state index contributed by atoms with van der Waals surface area (Å²) in [4.78, 5) is 73.5. The number of nitrogens with one attached hydrogen (secondary N) is 3. The van der Waals surface area contributed by atoms with Crippen molar-refractivity contribution in [2.45, 2.75) is 83.5 Å². The maximum atomic E-state index is 12.0. The summed E-state index contributed by atoms with van der Waals surface area (Å²) < 4.78 is 9.35. The van der Waals surface area contributed by atoms with Gasteiger partial charge in [-0.2, -0.15) is 12.5 Å². The lowest BCUT2D eigenvalue weighted by Crippen LogP contribution is -2.31. The zero-order chi connectivity index (χ0) is 32.6. The SMILES string of the molecule is O=C(CCCCCCC(=O)NCCCCCC(=O)ON1C(=O)CCC1=O)CNc1cccc([N+](=O)[O-])c1.[3H]SCCCNS. The van der Waals surface area contributed by atoms with Crippen molar-refractivity contribution in [3.63, 3.8) is 0 Å². The van der Waals surface area contributed by atoms with Gasteiger partial charge in [0.1, 0.15) is 1.12 Å². The number of unbranched alkanes of at least 4 members (excludes halogenated alkanes) is 5. The third-order valence-electron chi connectivity index (χ3n) is 6.17. The fourth-order valence-electron chi connectivity index (χ4n) is 3.82. The first-order valence-corrected chi connectivity index (χ1v) is 15.5. The summed E-state index contributed by atoms with van der Waals surface area (Å²) in [6, 6.07) is 6.01. The van der Waals surface area contributed by atoms with Gasteiger partial charge in [0, 0.05) is 63.0 Å². The predicted molar refractivity (Wildman–Crippen MR) is 168 cm³/mol. The number of non-ortho nitro benzene ring substituents is 1. The monoisotopic (exact) mass is 643 g/mol. The lowest BCUT2D eigenvalue weighted by molar-refractivity contribution is -0.384. The minimum absolute atomic E-state index is 0.0236. The highest BCUT2D eigenvalue weighted by Gasteiger charge is 2.32. The third kappa shape index (κ3) is 18.2. The Morgan fingerprint density at radius 2 is 1.63 bits per heavy atom. The van der Waals surface area contributed by atoms with Crippen molar-refractivity contribution in [1.82, 2.24) is 15.1 Å². The van der Waals surface area contributed by atoms with Gasteiger partial charge in [-0.1, -0.05) is 38.1 Å². The molecule has 1 saturated heterocycles. The van der Waals surface area contributed by atoms with Gasteiger partial charge in [-0.15, -0.1) is 5.06 Å². The minimum atomic E-state index is -0.618. The summed E-state index contributed by atoms with van der Waals surface area (Å²) in [5.74, 6) is -0.732. The topological polar surface area (TPSA) is 177 Å². The molecule has 13 nitrogen and oxygen atoms in total. The van der Waals surface area contributed by atoms with Crippen LogP contribution in [0.3, 0.4) is 0 Å². The minimum Gasteiger partial charge on any atom is -0.378 e. The van der Waals surface area contributed by atoms with E-state index in [4.69, 9.17) is 5.96 Å². The molecule has 0 aliphatic carbocycles. The molecule has 0 unspecified atom stereocenters. The molecule has 0 radical (unpaired) electrons. The molecule has 0 saturated carbocycles. The number of nitrogens with zero attached hydrogens (tertiary/aromatic N) is 2. The molecule has 1 aromatic rings. The number of carbonyl (C=O) groups excluding carboxylic acids is 5. The molecular formula is C28H43N5O8S2. The van der Waals surface area contributed by atoms with Crippen LogP contribution in [0.1, 0.15) is 83.5 Å². The summed E-state index contributed by atoms with van der Waals surface area (Å²) in [6.45, 7) is 1.51. The van der Waals surface area contributed by atoms with Crippen LogP contribution in [-0.4, -0.2) is 66.0 Å². The van der Waals surface area contributed by atoms with Gasteiger partial charge in [-0.3, -0.25) is 34.0 Å². The second-order valence-electron chi connectivity index (χ2n) is 9.79. The van der Waals surface area contributed by atoms with Crippen LogP contribution in [0.15, 0.2) is 24.3 Å². The highest BCUT2D eigenvalue weighted by Crippen LogP contribution is 2.17. The fraction of sp³-hybridized carbons (Fsp3) is 0.607. The first-order valence-electron chi connectivity index (χ1n) is 14.9. The van der Waals surface area contributed by atoms with Gasteiger partial charge < -0.3 is 15.5 Å². The van der Waals surface area contributed by atoms with E-state index in [1.165, 1.54) is 12.1 Å². The summed E-state index contributed by atoms with van der Waals surface area (Å²) in [5.41, 5.74) is 0.500. The summed E-state index contributed by atoms with van der Waals surface area (Å²) >= 11 is 4.89. The molecule has 0 spiro atoms. The first-order chi connectivity index (χ1) is 21.2. The molecule has 43 heavy (non-hydrogen) atoms. The van der Waals surface area contributed by atoms with Crippen molar-refractivity contribution in [2.24, 2.45) is 0 Å². The molecule has 3 amide bonds. The van der Waals surface area contributed by atoms with Crippen LogP contribution in [0.2, 0.25) is 0 Å². The molecule has 0 aromatic heterocycles. The van der Waals surface area contributed by atoms with Gasteiger partial charge >= 0.3 is 5.97 Å². The Morgan fingerprint density at radius 1 is 0.953 bits per heavy atom. The maximum absolute atomic E-state index is 12.0. The number of hydroxylamine groups is 2. The van der Waals surface area contributed by atoms with E-state index >= 15 is 0 Å². The Labute approximate surface area is 264 Å². The van der Waals surface area contributed by atoms with E-state index in [1.807, 2.05) is 0 Å². The van der Waals surface area contributed by atoms with E-state index in [-0.39, 0.29) is 43.2 Å².